The van der Waals surface area contributed by atoms with Gasteiger partial charge in [-0.2, -0.15) is 0 Å². The van der Waals surface area contributed by atoms with Crippen molar-refractivity contribution in [3.05, 3.63) is 23.8 Å². The minimum Gasteiger partial charge on any atom is -0.496 e. The van der Waals surface area contributed by atoms with E-state index in [1.54, 1.807) is 7.11 Å². The molecule has 0 radical (unpaired) electrons. The van der Waals surface area contributed by atoms with Crippen LogP contribution in [0.25, 0.3) is 0 Å². The van der Waals surface area contributed by atoms with Crippen LogP contribution in [0, 0.1) is 0 Å². The van der Waals surface area contributed by atoms with Crippen LogP contribution in [0.1, 0.15) is 12.5 Å². The van der Waals surface area contributed by atoms with Crippen LogP contribution in [0.5, 0.6) is 5.75 Å². The van der Waals surface area contributed by atoms with Gasteiger partial charge in [0.2, 0.25) is 0 Å². The van der Waals surface area contributed by atoms with Crippen LogP contribution in [-0.4, -0.2) is 19.5 Å². The monoisotopic (exact) mass is 213 g/mol. The highest BCUT2D eigenvalue weighted by Gasteiger charge is 2.01. The molecule has 14 heavy (non-hydrogen) atoms. The molecule has 1 aromatic rings. The van der Waals surface area contributed by atoms with Gasteiger partial charge in [-0.15, -0.1) is 11.6 Å². The van der Waals surface area contributed by atoms with E-state index < -0.39 is 0 Å². The minimum atomic E-state index is 0.619. The van der Waals surface area contributed by atoms with E-state index in [9.17, 15) is 0 Å². The Labute approximate surface area is 90.2 Å². The predicted molar refractivity (Wildman–Crippen MR) is 61.6 cm³/mol. The number of methoxy groups -OCH3 is 1. The molecule has 0 aliphatic heterocycles. The van der Waals surface area contributed by atoms with Crippen LogP contribution >= 0.6 is 11.6 Å². The molecule has 0 aliphatic rings. The maximum atomic E-state index is 5.60. The average Bonchev–Trinajstić information content (AvgIpc) is 2.25. The van der Waals surface area contributed by atoms with Crippen LogP contribution < -0.4 is 10.1 Å². The summed E-state index contributed by atoms with van der Waals surface area (Å²) in [6.45, 7) is 2.90. The largest absolute Gasteiger partial charge is 0.496 e. The lowest BCUT2D eigenvalue weighted by atomic mass is 10.1. The van der Waals surface area contributed by atoms with E-state index in [0.29, 0.717) is 5.88 Å². The lowest BCUT2D eigenvalue weighted by Gasteiger charge is -2.10. The van der Waals surface area contributed by atoms with Crippen molar-refractivity contribution in [3.8, 4) is 5.75 Å². The third kappa shape index (κ3) is 2.81. The van der Waals surface area contributed by atoms with Crippen molar-refractivity contribution in [3.63, 3.8) is 0 Å². The van der Waals surface area contributed by atoms with E-state index >= 15 is 0 Å². The first-order valence-corrected chi connectivity index (χ1v) is 5.32. The smallest absolute Gasteiger partial charge is 0.122 e. The summed E-state index contributed by atoms with van der Waals surface area (Å²) in [7, 11) is 1.69. The molecule has 0 aromatic heterocycles. The fourth-order valence-electron chi connectivity index (χ4n) is 1.36. The molecule has 0 saturated heterocycles. The van der Waals surface area contributed by atoms with Gasteiger partial charge >= 0.3 is 0 Å². The molecule has 0 amide bonds. The lowest BCUT2D eigenvalue weighted by Crippen LogP contribution is -2.03. The van der Waals surface area contributed by atoms with Crippen molar-refractivity contribution < 1.29 is 4.74 Å². The van der Waals surface area contributed by atoms with Gasteiger partial charge in [0.15, 0.2) is 0 Å². The number of anilines is 1. The van der Waals surface area contributed by atoms with Crippen LogP contribution in [-0.2, 0) is 6.42 Å². The average molecular weight is 214 g/mol. The fraction of sp³-hybridized carbons (Fsp3) is 0.455. The van der Waals surface area contributed by atoms with Crippen LogP contribution in [0.15, 0.2) is 18.2 Å². The molecule has 0 heterocycles. The zero-order valence-electron chi connectivity index (χ0n) is 8.64. The Bertz CT molecular complexity index is 289. The Hall–Kier alpha value is -0.890. The van der Waals surface area contributed by atoms with Gasteiger partial charge in [0.1, 0.15) is 5.75 Å². The second kappa shape index (κ2) is 5.76. The Morgan fingerprint density at radius 3 is 2.79 bits per heavy atom. The van der Waals surface area contributed by atoms with Gasteiger partial charge in [0.05, 0.1) is 7.11 Å². The van der Waals surface area contributed by atoms with Gasteiger partial charge in [-0.3, -0.25) is 0 Å². The maximum Gasteiger partial charge on any atom is 0.122 e. The second-order valence-electron chi connectivity index (χ2n) is 3.00. The first-order chi connectivity index (χ1) is 6.81. The fourth-order valence-corrected chi connectivity index (χ4v) is 1.45. The molecule has 3 heteroatoms. The van der Waals surface area contributed by atoms with E-state index in [1.807, 2.05) is 12.1 Å². The number of rotatable bonds is 5. The normalized spacial score (nSPS) is 9.93. The van der Waals surface area contributed by atoms with Crippen molar-refractivity contribution in [2.24, 2.45) is 0 Å². The van der Waals surface area contributed by atoms with Gasteiger partial charge in [0.25, 0.3) is 0 Å². The highest BCUT2D eigenvalue weighted by Crippen LogP contribution is 2.22. The number of benzene rings is 1. The number of ether oxygens (including phenoxy) is 1. The number of nitrogens with one attached hydrogen (secondary N) is 1. The molecule has 1 rings (SSSR count). The van der Waals surface area contributed by atoms with E-state index in [1.165, 1.54) is 5.56 Å². The third-order valence-electron chi connectivity index (χ3n) is 2.08. The Morgan fingerprint density at radius 2 is 2.21 bits per heavy atom. The van der Waals surface area contributed by atoms with Gasteiger partial charge in [-0.25, -0.2) is 0 Å². The van der Waals surface area contributed by atoms with E-state index in [-0.39, 0.29) is 0 Å². The zero-order valence-corrected chi connectivity index (χ0v) is 9.40. The summed E-state index contributed by atoms with van der Waals surface area (Å²) in [4.78, 5) is 0. The number of halogens is 1. The number of aryl methyl sites for hydroxylation is 1. The predicted octanol–water partition coefficient (Wildman–Crippen LogP) is 2.91. The first kappa shape index (κ1) is 11.2. The third-order valence-corrected chi connectivity index (χ3v) is 2.27. The topological polar surface area (TPSA) is 21.3 Å². The zero-order chi connectivity index (χ0) is 10.4. The summed E-state index contributed by atoms with van der Waals surface area (Å²) in [6.07, 6.45) is 0.972. The molecule has 0 aliphatic carbocycles. The molecule has 0 atom stereocenters. The molecule has 78 valence electrons. The molecule has 1 N–H and O–H groups in total. The molecule has 0 unspecified atom stereocenters. The summed E-state index contributed by atoms with van der Waals surface area (Å²) in [6, 6.07) is 6.09. The summed E-state index contributed by atoms with van der Waals surface area (Å²) < 4.78 is 5.24. The maximum absolute atomic E-state index is 5.60. The summed E-state index contributed by atoms with van der Waals surface area (Å²) in [5.41, 5.74) is 2.32. The molecule has 2 nitrogen and oxygen atoms in total. The van der Waals surface area contributed by atoms with Crippen molar-refractivity contribution in [2.45, 2.75) is 13.3 Å². The highest BCUT2D eigenvalue weighted by molar-refractivity contribution is 6.18. The van der Waals surface area contributed by atoms with Crippen molar-refractivity contribution >= 4 is 17.3 Å². The summed E-state index contributed by atoms with van der Waals surface area (Å²) in [5.74, 6) is 1.57. The number of alkyl halides is 1. The SMILES string of the molecule is CCc1cc(NCCCl)ccc1OC. The number of hydrogen-bond acceptors (Lipinski definition) is 2. The number of hydrogen-bond donors (Lipinski definition) is 1. The van der Waals surface area contributed by atoms with Crippen LogP contribution in [0.2, 0.25) is 0 Å². The van der Waals surface area contributed by atoms with Gasteiger partial charge in [-0.05, 0) is 30.2 Å². The second-order valence-corrected chi connectivity index (χ2v) is 3.37. The quantitative estimate of drug-likeness (QED) is 0.760. The van der Waals surface area contributed by atoms with Crippen LogP contribution in [0.4, 0.5) is 5.69 Å². The Morgan fingerprint density at radius 1 is 1.43 bits per heavy atom. The van der Waals surface area contributed by atoms with Crippen LogP contribution in [0.3, 0.4) is 0 Å². The van der Waals surface area contributed by atoms with Gasteiger partial charge in [-0.1, -0.05) is 6.92 Å². The van der Waals surface area contributed by atoms with Crippen molar-refractivity contribution in [2.75, 3.05) is 24.9 Å². The van der Waals surface area contributed by atoms with E-state index in [4.69, 9.17) is 16.3 Å². The molecular formula is C11H16ClNO. The highest BCUT2D eigenvalue weighted by atomic mass is 35.5. The Kier molecular flexibility index (Phi) is 4.60. The van der Waals surface area contributed by atoms with Gasteiger partial charge in [0, 0.05) is 18.1 Å². The molecule has 0 spiro atoms. The lowest BCUT2D eigenvalue weighted by molar-refractivity contribution is 0.410. The summed E-state index contributed by atoms with van der Waals surface area (Å²) >= 11 is 5.60. The van der Waals surface area contributed by atoms with E-state index in [2.05, 4.69) is 18.3 Å². The molecule has 0 bridgehead atoms. The van der Waals surface area contributed by atoms with Gasteiger partial charge < -0.3 is 10.1 Å². The van der Waals surface area contributed by atoms with E-state index in [0.717, 1.165) is 24.4 Å². The minimum absolute atomic E-state index is 0.619. The molecule has 0 saturated carbocycles. The molecular weight excluding hydrogens is 198 g/mol. The van der Waals surface area contributed by atoms with Crippen molar-refractivity contribution in [1.29, 1.82) is 0 Å². The Balaban J connectivity index is 2.79. The standard InChI is InChI=1S/C11H16ClNO/c1-3-9-8-10(13-7-6-12)4-5-11(9)14-2/h4-5,8,13H,3,6-7H2,1-2H3. The van der Waals surface area contributed by atoms with Crippen molar-refractivity contribution in [1.82, 2.24) is 0 Å². The first-order valence-electron chi connectivity index (χ1n) is 4.78. The summed E-state index contributed by atoms with van der Waals surface area (Å²) in [5, 5.41) is 3.23. The molecule has 0 fully saturated rings. The molecule has 1 aromatic carbocycles.